The molecule has 0 spiro atoms. The average molecular weight is 382 g/mol. The minimum atomic E-state index is -3.72. The first-order chi connectivity index (χ1) is 9.09. The smallest absolute Gasteiger partial charge is 0.336 e. The summed E-state index contributed by atoms with van der Waals surface area (Å²) in [7, 11) is -3.72. The van der Waals surface area contributed by atoms with Crippen molar-refractivity contribution < 1.29 is 18.3 Å². The van der Waals surface area contributed by atoms with Crippen LogP contribution >= 0.6 is 27.7 Å². The maximum atomic E-state index is 12.2. The van der Waals surface area contributed by atoms with Crippen molar-refractivity contribution in [1.29, 1.82) is 0 Å². The minimum absolute atomic E-state index is 0.0602. The number of rotatable bonds is 6. The summed E-state index contributed by atoms with van der Waals surface area (Å²) in [5, 5.41) is 9.00. The molecule has 0 atom stereocenters. The second kappa shape index (κ2) is 6.46. The Bertz CT molecular complexity index is 614. The molecule has 0 amide bonds. The Morgan fingerprint density at radius 1 is 1.45 bits per heavy atom. The van der Waals surface area contributed by atoms with Gasteiger partial charge in [-0.15, -0.1) is 0 Å². The van der Waals surface area contributed by atoms with Gasteiger partial charge in [0, 0.05) is 15.8 Å². The van der Waals surface area contributed by atoms with E-state index < -0.39 is 16.0 Å². The van der Waals surface area contributed by atoms with Crippen molar-refractivity contribution >= 4 is 43.7 Å². The van der Waals surface area contributed by atoms with Crippen molar-refractivity contribution in [3.8, 4) is 0 Å². The highest BCUT2D eigenvalue weighted by Gasteiger charge is 2.22. The van der Waals surface area contributed by atoms with Crippen LogP contribution in [0.4, 0.5) is 0 Å². The van der Waals surface area contributed by atoms with E-state index in [-0.39, 0.29) is 21.8 Å². The first-order valence-electron chi connectivity index (χ1n) is 5.67. The molecule has 0 radical (unpaired) electrons. The van der Waals surface area contributed by atoms with E-state index in [1.54, 1.807) is 11.8 Å². The molecule has 0 aliphatic rings. The molecular weight excluding hydrogens is 366 g/mol. The average Bonchev–Trinajstić information content (AvgIpc) is 2.36. The van der Waals surface area contributed by atoms with Crippen LogP contribution < -0.4 is 4.72 Å². The van der Waals surface area contributed by atoms with Crippen LogP contribution in [0.2, 0.25) is 0 Å². The summed E-state index contributed by atoms with van der Waals surface area (Å²) in [6.07, 6.45) is 1.90. The SMILES string of the molecule is CSC(C)(C)CNS(=O)(=O)c1ccc(Br)c(C(=O)O)c1. The van der Waals surface area contributed by atoms with E-state index in [1.165, 1.54) is 12.1 Å². The van der Waals surface area contributed by atoms with Crippen LogP contribution in [-0.4, -0.2) is 37.0 Å². The summed E-state index contributed by atoms with van der Waals surface area (Å²) in [6, 6.07) is 3.92. The quantitative estimate of drug-likeness (QED) is 0.790. The van der Waals surface area contributed by atoms with Crippen LogP contribution in [0.25, 0.3) is 0 Å². The van der Waals surface area contributed by atoms with Crippen molar-refractivity contribution in [3.63, 3.8) is 0 Å². The van der Waals surface area contributed by atoms with Gasteiger partial charge in [0.1, 0.15) is 0 Å². The summed E-state index contributed by atoms with van der Waals surface area (Å²) in [4.78, 5) is 11.0. The molecule has 8 heteroatoms. The van der Waals surface area contributed by atoms with Crippen molar-refractivity contribution in [1.82, 2.24) is 4.72 Å². The zero-order valence-corrected chi connectivity index (χ0v) is 14.5. The molecule has 20 heavy (non-hydrogen) atoms. The first-order valence-corrected chi connectivity index (χ1v) is 9.17. The summed E-state index contributed by atoms with van der Waals surface area (Å²) in [6.45, 7) is 4.10. The normalized spacial score (nSPS) is 12.4. The van der Waals surface area contributed by atoms with E-state index in [1.807, 2.05) is 20.1 Å². The fraction of sp³-hybridized carbons (Fsp3) is 0.417. The number of carbonyl (C=O) groups is 1. The Morgan fingerprint density at radius 2 is 2.05 bits per heavy atom. The fourth-order valence-corrected chi connectivity index (χ4v) is 3.22. The van der Waals surface area contributed by atoms with Crippen LogP contribution in [0.3, 0.4) is 0 Å². The van der Waals surface area contributed by atoms with Crippen LogP contribution in [0.15, 0.2) is 27.6 Å². The Hall–Kier alpha value is -0.570. The van der Waals surface area contributed by atoms with Gasteiger partial charge in [0.05, 0.1) is 10.5 Å². The van der Waals surface area contributed by atoms with E-state index in [0.29, 0.717) is 4.47 Å². The number of halogens is 1. The molecule has 0 fully saturated rings. The van der Waals surface area contributed by atoms with Crippen molar-refractivity contribution in [2.24, 2.45) is 0 Å². The highest BCUT2D eigenvalue weighted by atomic mass is 79.9. The monoisotopic (exact) mass is 381 g/mol. The topological polar surface area (TPSA) is 83.5 Å². The third kappa shape index (κ3) is 4.47. The number of sulfonamides is 1. The van der Waals surface area contributed by atoms with Crippen LogP contribution in [0, 0.1) is 0 Å². The van der Waals surface area contributed by atoms with Crippen molar-refractivity contribution in [3.05, 3.63) is 28.2 Å². The van der Waals surface area contributed by atoms with E-state index in [2.05, 4.69) is 20.7 Å². The van der Waals surface area contributed by atoms with Gasteiger partial charge in [0.2, 0.25) is 10.0 Å². The molecule has 0 heterocycles. The predicted molar refractivity (Wildman–Crippen MR) is 83.9 cm³/mol. The Balaban J connectivity index is 3.05. The Morgan fingerprint density at radius 3 is 2.55 bits per heavy atom. The Kier molecular flexibility index (Phi) is 5.65. The van der Waals surface area contributed by atoms with Crippen molar-refractivity contribution in [2.75, 3.05) is 12.8 Å². The number of carboxylic acids is 1. The molecule has 0 saturated heterocycles. The summed E-state index contributed by atoms with van der Waals surface area (Å²) >= 11 is 4.63. The van der Waals surface area contributed by atoms with Gasteiger partial charge in [-0.25, -0.2) is 17.9 Å². The molecular formula is C12H16BrNO4S2. The number of nitrogens with one attached hydrogen (secondary N) is 1. The number of benzene rings is 1. The van der Waals surface area contributed by atoms with Crippen LogP contribution in [-0.2, 0) is 10.0 Å². The number of hydrogen-bond donors (Lipinski definition) is 2. The largest absolute Gasteiger partial charge is 0.478 e. The summed E-state index contributed by atoms with van der Waals surface area (Å²) < 4.78 is 26.9. The van der Waals surface area contributed by atoms with Gasteiger partial charge in [0.15, 0.2) is 0 Å². The van der Waals surface area contributed by atoms with E-state index in [4.69, 9.17) is 5.11 Å². The van der Waals surface area contributed by atoms with E-state index >= 15 is 0 Å². The second-order valence-electron chi connectivity index (χ2n) is 4.74. The van der Waals surface area contributed by atoms with Gasteiger partial charge in [-0.3, -0.25) is 0 Å². The molecule has 1 aromatic rings. The molecule has 1 aromatic carbocycles. The van der Waals surface area contributed by atoms with E-state index in [0.717, 1.165) is 6.07 Å². The van der Waals surface area contributed by atoms with Gasteiger partial charge in [0.25, 0.3) is 0 Å². The van der Waals surface area contributed by atoms with Gasteiger partial charge < -0.3 is 5.11 Å². The highest BCUT2D eigenvalue weighted by Crippen LogP contribution is 2.23. The fourth-order valence-electron chi connectivity index (χ4n) is 1.26. The maximum absolute atomic E-state index is 12.2. The standard InChI is InChI=1S/C12H16BrNO4S2/c1-12(2,19-3)7-14-20(17,18)8-4-5-10(13)9(6-8)11(15)16/h4-6,14H,7H2,1-3H3,(H,15,16). The molecule has 0 unspecified atom stereocenters. The highest BCUT2D eigenvalue weighted by molar-refractivity contribution is 9.10. The molecule has 0 aromatic heterocycles. The molecule has 0 aliphatic carbocycles. The number of hydrogen-bond acceptors (Lipinski definition) is 4. The third-order valence-corrected chi connectivity index (χ3v) is 6.06. The number of thioether (sulfide) groups is 1. The molecule has 0 aliphatic heterocycles. The lowest BCUT2D eigenvalue weighted by Crippen LogP contribution is -2.36. The minimum Gasteiger partial charge on any atom is -0.478 e. The van der Waals surface area contributed by atoms with Gasteiger partial charge >= 0.3 is 5.97 Å². The van der Waals surface area contributed by atoms with Crippen LogP contribution in [0.5, 0.6) is 0 Å². The lowest BCUT2D eigenvalue weighted by atomic mass is 10.2. The lowest BCUT2D eigenvalue weighted by Gasteiger charge is -2.22. The summed E-state index contributed by atoms with van der Waals surface area (Å²) in [5.41, 5.74) is -0.0861. The molecule has 2 N–H and O–H groups in total. The lowest BCUT2D eigenvalue weighted by molar-refractivity contribution is 0.0695. The zero-order chi connectivity index (χ0) is 15.6. The first kappa shape index (κ1) is 17.5. The summed E-state index contributed by atoms with van der Waals surface area (Å²) in [5.74, 6) is -1.18. The molecule has 0 saturated carbocycles. The molecule has 1 rings (SSSR count). The van der Waals surface area contributed by atoms with Gasteiger partial charge in [-0.2, -0.15) is 11.8 Å². The number of carboxylic acid groups (broad SMARTS) is 1. The third-order valence-electron chi connectivity index (χ3n) is 2.72. The zero-order valence-electron chi connectivity index (χ0n) is 11.3. The van der Waals surface area contributed by atoms with Crippen molar-refractivity contribution in [2.45, 2.75) is 23.5 Å². The molecule has 0 bridgehead atoms. The predicted octanol–water partition coefficient (Wildman–Crippen LogP) is 2.57. The number of aromatic carboxylic acids is 1. The van der Waals surface area contributed by atoms with Gasteiger partial charge in [-0.1, -0.05) is 0 Å². The molecule has 5 nitrogen and oxygen atoms in total. The van der Waals surface area contributed by atoms with E-state index in [9.17, 15) is 13.2 Å². The van der Waals surface area contributed by atoms with Gasteiger partial charge in [-0.05, 0) is 54.2 Å². The maximum Gasteiger partial charge on any atom is 0.336 e. The molecule has 112 valence electrons. The Labute approximate surface area is 131 Å². The van der Waals surface area contributed by atoms with Crippen LogP contribution in [0.1, 0.15) is 24.2 Å². The second-order valence-corrected chi connectivity index (χ2v) is 8.87.